The normalized spacial score (nSPS) is 14.8. The minimum absolute atomic E-state index is 0.00889. The second-order valence-electron chi connectivity index (χ2n) is 7.75. The van der Waals surface area contributed by atoms with Crippen LogP contribution in [0.3, 0.4) is 0 Å². The zero-order chi connectivity index (χ0) is 22.5. The van der Waals surface area contributed by atoms with E-state index in [9.17, 15) is 14.9 Å². The van der Waals surface area contributed by atoms with Crippen molar-refractivity contribution in [2.75, 3.05) is 25.1 Å². The Morgan fingerprint density at radius 1 is 1.16 bits per heavy atom. The summed E-state index contributed by atoms with van der Waals surface area (Å²) in [6.45, 7) is 2.05. The number of para-hydroxylation sites is 1. The molecule has 0 radical (unpaired) electrons. The van der Waals surface area contributed by atoms with E-state index >= 15 is 0 Å². The average molecular weight is 452 g/mol. The molecule has 7 nitrogen and oxygen atoms in total. The molecule has 0 unspecified atom stereocenters. The van der Waals surface area contributed by atoms with Crippen LogP contribution < -0.4 is 9.64 Å². The number of likely N-dealkylation sites (tertiary alicyclic amines) is 1. The van der Waals surface area contributed by atoms with Gasteiger partial charge in [-0.25, -0.2) is 0 Å². The van der Waals surface area contributed by atoms with Crippen molar-refractivity contribution in [3.05, 3.63) is 86.6 Å². The van der Waals surface area contributed by atoms with Gasteiger partial charge in [-0.1, -0.05) is 30.3 Å². The Kier molecular flexibility index (Phi) is 6.82. The molecule has 0 bridgehead atoms. The van der Waals surface area contributed by atoms with Crippen molar-refractivity contribution in [2.24, 2.45) is 0 Å². The number of carbonyl (C=O) groups is 1. The number of hydrogen-bond acceptors (Lipinski definition) is 6. The topological polar surface area (TPSA) is 75.9 Å². The monoisotopic (exact) mass is 451 g/mol. The summed E-state index contributed by atoms with van der Waals surface area (Å²) in [5.41, 5.74) is 1.69. The minimum Gasteiger partial charge on any atom is -0.497 e. The Morgan fingerprint density at radius 2 is 1.94 bits per heavy atom. The largest absolute Gasteiger partial charge is 0.497 e. The molecule has 1 aliphatic heterocycles. The third-order valence-electron chi connectivity index (χ3n) is 5.79. The highest BCUT2D eigenvalue weighted by molar-refractivity contribution is 7.12. The first-order valence-electron chi connectivity index (χ1n) is 10.5. The summed E-state index contributed by atoms with van der Waals surface area (Å²) in [5, 5.41) is 13.2. The summed E-state index contributed by atoms with van der Waals surface area (Å²) < 4.78 is 5.38. The van der Waals surface area contributed by atoms with Crippen LogP contribution >= 0.6 is 11.3 Å². The van der Waals surface area contributed by atoms with E-state index in [4.69, 9.17) is 4.74 Å². The lowest BCUT2D eigenvalue weighted by atomic mass is 10.0. The molecule has 1 amide bonds. The molecule has 166 valence electrons. The van der Waals surface area contributed by atoms with Gasteiger partial charge >= 0.3 is 0 Å². The van der Waals surface area contributed by atoms with Crippen LogP contribution in [0, 0.1) is 10.1 Å². The predicted molar refractivity (Wildman–Crippen MR) is 126 cm³/mol. The molecule has 0 N–H and O–H groups in total. The van der Waals surface area contributed by atoms with Crippen molar-refractivity contribution in [3.63, 3.8) is 0 Å². The maximum atomic E-state index is 13.4. The van der Waals surface area contributed by atoms with E-state index in [2.05, 4.69) is 4.90 Å². The molecule has 0 saturated carbocycles. The van der Waals surface area contributed by atoms with E-state index in [1.807, 2.05) is 58.8 Å². The molecule has 8 heteroatoms. The molecule has 1 fully saturated rings. The Hall–Kier alpha value is -3.23. The van der Waals surface area contributed by atoms with E-state index in [0.29, 0.717) is 17.2 Å². The van der Waals surface area contributed by atoms with Crippen LogP contribution in [0.4, 0.5) is 11.4 Å². The summed E-state index contributed by atoms with van der Waals surface area (Å²) in [7, 11) is 1.62. The van der Waals surface area contributed by atoms with Gasteiger partial charge in [-0.2, -0.15) is 0 Å². The van der Waals surface area contributed by atoms with Crippen LogP contribution in [0.1, 0.15) is 28.1 Å². The molecule has 0 spiro atoms. The van der Waals surface area contributed by atoms with Gasteiger partial charge in [0.05, 0.1) is 16.9 Å². The van der Waals surface area contributed by atoms with Gasteiger partial charge < -0.3 is 9.64 Å². The molecular weight excluding hydrogens is 426 g/mol. The van der Waals surface area contributed by atoms with Crippen LogP contribution in [-0.4, -0.2) is 42.0 Å². The van der Waals surface area contributed by atoms with Crippen LogP contribution in [-0.2, 0) is 6.54 Å². The van der Waals surface area contributed by atoms with E-state index in [-0.39, 0.29) is 22.6 Å². The number of piperidine rings is 1. The fourth-order valence-corrected chi connectivity index (χ4v) is 4.83. The summed E-state index contributed by atoms with van der Waals surface area (Å²) in [6, 6.07) is 18.3. The lowest BCUT2D eigenvalue weighted by Crippen LogP contribution is -2.47. The SMILES string of the molecule is COc1cccc(N(C(=O)c2cccs2)C2CCN(Cc3ccccc3[N+](=O)[O-])CC2)c1. The number of nitrogens with zero attached hydrogens (tertiary/aromatic N) is 3. The Bertz CT molecular complexity index is 1080. The number of anilines is 1. The van der Waals surface area contributed by atoms with Crippen LogP contribution in [0.5, 0.6) is 5.75 Å². The molecule has 2 heterocycles. The Morgan fingerprint density at radius 3 is 2.62 bits per heavy atom. The number of methoxy groups -OCH3 is 1. The summed E-state index contributed by atoms with van der Waals surface area (Å²) in [6.07, 6.45) is 1.57. The molecule has 2 aromatic carbocycles. The van der Waals surface area contributed by atoms with Crippen molar-refractivity contribution < 1.29 is 14.5 Å². The fourth-order valence-electron chi connectivity index (χ4n) is 4.17. The second-order valence-corrected chi connectivity index (χ2v) is 8.69. The maximum absolute atomic E-state index is 13.4. The smallest absolute Gasteiger partial charge is 0.273 e. The summed E-state index contributed by atoms with van der Waals surface area (Å²) in [4.78, 5) is 29.2. The Balaban J connectivity index is 1.52. The van der Waals surface area contributed by atoms with E-state index in [0.717, 1.165) is 37.2 Å². The van der Waals surface area contributed by atoms with Gasteiger partial charge in [0.15, 0.2) is 0 Å². The van der Waals surface area contributed by atoms with Crippen LogP contribution in [0.25, 0.3) is 0 Å². The third kappa shape index (κ3) is 4.81. The highest BCUT2D eigenvalue weighted by atomic mass is 32.1. The van der Waals surface area contributed by atoms with Gasteiger partial charge in [-0.3, -0.25) is 19.8 Å². The number of nitro groups is 1. The van der Waals surface area contributed by atoms with E-state index < -0.39 is 0 Å². The third-order valence-corrected chi connectivity index (χ3v) is 6.64. The Labute approximate surface area is 191 Å². The quantitative estimate of drug-likeness (QED) is 0.374. The lowest BCUT2D eigenvalue weighted by molar-refractivity contribution is -0.385. The first-order valence-corrected chi connectivity index (χ1v) is 11.4. The van der Waals surface area contributed by atoms with Crippen LogP contribution in [0.2, 0.25) is 0 Å². The molecule has 0 atom stereocenters. The number of ether oxygens (including phenoxy) is 1. The first-order chi connectivity index (χ1) is 15.6. The van der Waals surface area contributed by atoms with Crippen molar-refractivity contribution in [3.8, 4) is 5.75 Å². The molecule has 32 heavy (non-hydrogen) atoms. The molecule has 4 rings (SSSR count). The van der Waals surface area contributed by atoms with E-state index in [1.165, 1.54) is 11.3 Å². The zero-order valence-corrected chi connectivity index (χ0v) is 18.7. The molecule has 0 aliphatic carbocycles. The minimum atomic E-state index is -0.327. The maximum Gasteiger partial charge on any atom is 0.273 e. The molecule has 1 aliphatic rings. The fraction of sp³-hybridized carbons (Fsp3) is 0.292. The van der Waals surface area contributed by atoms with E-state index in [1.54, 1.807) is 19.2 Å². The molecule has 1 aromatic heterocycles. The second kappa shape index (κ2) is 9.93. The first kappa shape index (κ1) is 22.0. The van der Waals surface area contributed by atoms with Gasteiger partial charge in [0.2, 0.25) is 0 Å². The van der Waals surface area contributed by atoms with Crippen LogP contribution in [0.15, 0.2) is 66.0 Å². The number of benzene rings is 2. The van der Waals surface area contributed by atoms with Gasteiger partial charge in [-0.15, -0.1) is 11.3 Å². The van der Waals surface area contributed by atoms with Crippen molar-refractivity contribution in [1.82, 2.24) is 4.90 Å². The van der Waals surface area contributed by atoms with Gasteiger partial charge in [0, 0.05) is 49.1 Å². The zero-order valence-electron chi connectivity index (χ0n) is 17.8. The standard InChI is InChI=1S/C24H25N3O4S/c1-31-21-8-4-7-20(16-21)26(24(28)23-10-5-15-32-23)19-11-13-25(14-12-19)17-18-6-2-3-9-22(18)27(29)30/h2-10,15-16,19H,11-14,17H2,1H3. The van der Waals surface area contributed by atoms with Crippen molar-refractivity contribution in [1.29, 1.82) is 0 Å². The number of carbonyl (C=O) groups excluding carboxylic acids is 1. The number of amides is 1. The van der Waals surface area contributed by atoms with Crippen molar-refractivity contribution in [2.45, 2.75) is 25.4 Å². The molecule has 3 aromatic rings. The number of thiophene rings is 1. The summed E-state index contributed by atoms with van der Waals surface area (Å²) in [5.74, 6) is 0.700. The van der Waals surface area contributed by atoms with Crippen molar-refractivity contribution >= 4 is 28.6 Å². The van der Waals surface area contributed by atoms with Gasteiger partial charge in [0.25, 0.3) is 11.6 Å². The highest BCUT2D eigenvalue weighted by Gasteiger charge is 2.31. The number of nitro benzene ring substituents is 1. The lowest BCUT2D eigenvalue weighted by Gasteiger charge is -2.38. The average Bonchev–Trinajstić information content (AvgIpc) is 3.36. The van der Waals surface area contributed by atoms with Gasteiger partial charge in [-0.05, 0) is 36.4 Å². The summed E-state index contributed by atoms with van der Waals surface area (Å²) >= 11 is 1.44. The molecule has 1 saturated heterocycles. The molecular formula is C24H25N3O4S. The number of hydrogen-bond donors (Lipinski definition) is 0. The highest BCUT2D eigenvalue weighted by Crippen LogP contribution is 2.30. The number of rotatable bonds is 7. The predicted octanol–water partition coefficient (Wildman–Crippen LogP) is 4.98. The van der Waals surface area contributed by atoms with Gasteiger partial charge in [0.1, 0.15) is 5.75 Å².